The van der Waals surface area contributed by atoms with Crippen molar-refractivity contribution in [3.05, 3.63) is 23.8 Å². The Morgan fingerprint density at radius 3 is 1.89 bits per heavy atom. The molecule has 5 saturated heterocycles. The number of esters is 2. The van der Waals surface area contributed by atoms with Crippen LogP contribution >= 0.6 is 0 Å². The van der Waals surface area contributed by atoms with E-state index in [0.29, 0.717) is 44.9 Å². The van der Waals surface area contributed by atoms with Crippen molar-refractivity contribution in [1.82, 2.24) is 0 Å². The Labute approximate surface area is 488 Å². The number of rotatable bonds is 19. The zero-order valence-corrected chi connectivity index (χ0v) is 49.5. The zero-order valence-electron chi connectivity index (χ0n) is 48.7. The standard InChI is InChI=1S/C56H88O27S/c1-24(2)11-10-16-55(8)46-28(74-25(3)60)19-54(7)27-12-13-33-52(4,5)34(15-17-53(33,6)26(27)14-18-56(46,54)51(68)82-55)78-50-45(37(63)32(23-73-50)83-84(69,70)71)81-47-39(65)38(64)42(31(22-59)77-47)79-49-41(67)44(36(62)30(21-58)76-49)80-48-40(66)43(72-9)35(61)29(20-57)75-48/h12,26,28-50,57-59,61-67H,1,10-11,13-23H2,2-9H3,(H,69,70,71)/t26-,28-,29+,30+,31+,32+,33+,34-,35+,36+,37-,38+,39+,40+,41+,42+,43-,44-,45+,46-,47-,48-,49-,50-,53+,54-,55-,56-/m0/s1. The summed E-state index contributed by atoms with van der Waals surface area (Å²) in [6.07, 6.45) is -27.5. The Kier molecular flexibility index (Phi) is 19.4. The maximum Gasteiger partial charge on any atom is 0.397 e. The molecule has 0 bridgehead atoms. The molecule has 0 aromatic carbocycles. The maximum absolute atomic E-state index is 14.7. The lowest BCUT2D eigenvalue weighted by Crippen LogP contribution is -2.67. The smallest absolute Gasteiger partial charge is 0.397 e. The van der Waals surface area contributed by atoms with Crippen LogP contribution in [0, 0.1) is 39.4 Å². The van der Waals surface area contributed by atoms with Gasteiger partial charge in [-0.25, -0.2) is 4.18 Å². The first-order valence-electron chi connectivity index (χ1n) is 29.1. The molecule has 28 heteroatoms. The predicted molar refractivity (Wildman–Crippen MR) is 283 cm³/mol. The van der Waals surface area contributed by atoms with Gasteiger partial charge in [0.05, 0.1) is 43.9 Å². The minimum Gasteiger partial charge on any atom is -0.462 e. The van der Waals surface area contributed by atoms with Gasteiger partial charge < -0.3 is 103 Å². The first-order valence-corrected chi connectivity index (χ1v) is 30.5. The van der Waals surface area contributed by atoms with Gasteiger partial charge in [-0.2, -0.15) is 8.42 Å². The Hall–Kier alpha value is -2.47. The summed E-state index contributed by atoms with van der Waals surface area (Å²) in [6, 6.07) is 0. The van der Waals surface area contributed by atoms with Crippen molar-refractivity contribution in [3.8, 4) is 0 Å². The van der Waals surface area contributed by atoms with Crippen LogP contribution < -0.4 is 0 Å². The average molecular weight is 1230 g/mol. The third-order valence-electron chi connectivity index (χ3n) is 20.7. The van der Waals surface area contributed by atoms with Gasteiger partial charge in [-0.05, 0) is 94.3 Å². The number of carbonyl (C=O) groups is 2. The number of hydrogen-bond acceptors (Lipinski definition) is 26. The maximum atomic E-state index is 14.7. The van der Waals surface area contributed by atoms with Crippen LogP contribution in [-0.2, 0) is 76.3 Å². The monoisotopic (exact) mass is 1220 g/mol. The lowest BCUT2D eigenvalue weighted by Gasteiger charge is -2.64. The van der Waals surface area contributed by atoms with Gasteiger partial charge in [0.15, 0.2) is 25.2 Å². The number of aliphatic hydroxyl groups is 10. The van der Waals surface area contributed by atoms with E-state index in [9.17, 15) is 73.6 Å². The normalized spacial score (nSPS) is 49.1. The number of fused-ring (bicyclic) bond motifs is 4. The fourth-order valence-electron chi connectivity index (χ4n) is 16.7. The van der Waals surface area contributed by atoms with Gasteiger partial charge in [0.1, 0.15) is 103 Å². The van der Waals surface area contributed by atoms with Crippen LogP contribution in [0.15, 0.2) is 23.8 Å². The van der Waals surface area contributed by atoms with Crippen molar-refractivity contribution in [2.45, 2.75) is 241 Å². The SMILES string of the molecule is C=C(C)CCC[C@]1(C)OC(=O)[C@@]23CC[C@H]4C(=CC[C@@H]5C(C)(C)[C@@H](O[C@@H]6OC[C@@H](OS(=O)(=O)O)[C@H](O)[C@H]6O[C@@H]6O[C@H](CO)[C@@H](O[C@@H]7O[C@H](CO)[C@@H](O)[C@H](O[C@@H]8O[C@H](CO)[C@@H](O)[C@H](OC)[C@H]8O)[C@H]7O)[C@H](O)[C@H]6O)CC[C@@]54C)[C@]2(C)C[C@H](OC(C)=O)[C@@H]13. The summed E-state index contributed by atoms with van der Waals surface area (Å²) in [5, 5.41) is 110. The highest BCUT2D eigenvalue weighted by molar-refractivity contribution is 7.80. The topological polar surface area (TPSA) is 402 Å². The molecule has 1 spiro atoms. The first kappa shape index (κ1) is 66.0. The molecular formula is C56H88O27S. The van der Waals surface area contributed by atoms with Crippen LogP contribution in [-0.4, -0.2) is 244 Å². The number of ether oxygens (including phenoxy) is 11. The van der Waals surface area contributed by atoms with E-state index >= 15 is 0 Å². The minimum atomic E-state index is -5.22. The summed E-state index contributed by atoms with van der Waals surface area (Å²) in [4.78, 5) is 27.5. The van der Waals surface area contributed by atoms with Crippen molar-refractivity contribution in [2.24, 2.45) is 39.4 Å². The van der Waals surface area contributed by atoms with Gasteiger partial charge >= 0.3 is 22.3 Å². The van der Waals surface area contributed by atoms with Crippen LogP contribution in [0.1, 0.15) is 106 Å². The Bertz CT molecular complexity index is 2520. The number of cyclic esters (lactones) is 1. The van der Waals surface area contributed by atoms with E-state index in [-0.39, 0.29) is 29.1 Å². The van der Waals surface area contributed by atoms with Gasteiger partial charge in [0.2, 0.25) is 0 Å². The summed E-state index contributed by atoms with van der Waals surface area (Å²) < 4.78 is 104. The van der Waals surface area contributed by atoms with Crippen LogP contribution in [0.5, 0.6) is 0 Å². The zero-order chi connectivity index (χ0) is 61.6. The first-order chi connectivity index (χ1) is 39.4. The largest absolute Gasteiger partial charge is 0.462 e. The van der Waals surface area contributed by atoms with E-state index in [0.717, 1.165) is 24.0 Å². The minimum absolute atomic E-state index is 0.00820. The van der Waals surface area contributed by atoms with Crippen molar-refractivity contribution in [1.29, 1.82) is 0 Å². The summed E-state index contributed by atoms with van der Waals surface area (Å²) in [6.45, 7) is 14.6. The summed E-state index contributed by atoms with van der Waals surface area (Å²) >= 11 is 0. The number of methoxy groups -OCH3 is 1. The molecule has 5 heterocycles. The molecule has 27 nitrogen and oxygen atoms in total. The Morgan fingerprint density at radius 1 is 0.714 bits per heavy atom. The van der Waals surface area contributed by atoms with Gasteiger partial charge in [0.25, 0.3) is 0 Å². The van der Waals surface area contributed by atoms with Gasteiger partial charge in [-0.3, -0.25) is 14.1 Å². The summed E-state index contributed by atoms with van der Waals surface area (Å²) in [5.74, 6) is -1.10. The molecule has 480 valence electrons. The lowest BCUT2D eigenvalue weighted by molar-refractivity contribution is -0.391. The van der Waals surface area contributed by atoms with Gasteiger partial charge in [0, 0.05) is 19.4 Å². The number of hydrogen-bond donors (Lipinski definition) is 11. The van der Waals surface area contributed by atoms with Gasteiger partial charge in [-0.1, -0.05) is 44.9 Å². The molecule has 0 unspecified atom stereocenters. The lowest BCUT2D eigenvalue weighted by atomic mass is 9.41. The van der Waals surface area contributed by atoms with Crippen molar-refractivity contribution in [2.75, 3.05) is 33.5 Å². The Balaban J connectivity index is 0.926. The summed E-state index contributed by atoms with van der Waals surface area (Å²) in [7, 11) is -4.05. The van der Waals surface area contributed by atoms with Crippen LogP contribution in [0.4, 0.5) is 0 Å². The second-order valence-corrected chi connectivity index (χ2v) is 27.1. The average Bonchev–Trinajstić information content (AvgIpc) is 1.45. The third-order valence-corrected chi connectivity index (χ3v) is 21.2. The molecule has 4 aliphatic carbocycles. The van der Waals surface area contributed by atoms with Crippen LogP contribution in [0.25, 0.3) is 0 Å². The highest BCUT2D eigenvalue weighted by atomic mass is 32.3. The molecule has 11 N–H and O–H groups in total. The van der Waals surface area contributed by atoms with Crippen molar-refractivity contribution >= 4 is 22.3 Å². The van der Waals surface area contributed by atoms with Crippen molar-refractivity contribution in [3.63, 3.8) is 0 Å². The highest BCUT2D eigenvalue weighted by Crippen LogP contribution is 2.77. The molecule has 3 saturated carbocycles. The van der Waals surface area contributed by atoms with E-state index in [1.54, 1.807) is 0 Å². The Morgan fingerprint density at radius 2 is 1.30 bits per heavy atom. The highest BCUT2D eigenvalue weighted by Gasteiger charge is 2.79. The molecule has 0 amide bonds. The second kappa shape index (κ2) is 24.7. The van der Waals surface area contributed by atoms with Crippen molar-refractivity contribution < 1.29 is 130 Å². The number of aliphatic hydroxyl groups excluding tert-OH is 10. The molecule has 84 heavy (non-hydrogen) atoms. The molecule has 0 radical (unpaired) electrons. The van der Waals surface area contributed by atoms with E-state index < -0.39 is 194 Å². The van der Waals surface area contributed by atoms with E-state index in [4.69, 9.17) is 56.3 Å². The fourth-order valence-corrected chi connectivity index (χ4v) is 17.2. The molecule has 9 rings (SSSR count). The van der Waals surface area contributed by atoms with Crippen LogP contribution in [0.2, 0.25) is 0 Å². The quantitative estimate of drug-likeness (QED) is 0.0418. The molecule has 0 aromatic rings. The van der Waals surface area contributed by atoms with Gasteiger partial charge in [-0.15, -0.1) is 6.58 Å². The molecule has 28 atom stereocenters. The predicted octanol–water partition coefficient (Wildman–Crippen LogP) is -1.05. The van der Waals surface area contributed by atoms with E-state index in [1.807, 2.05) is 13.8 Å². The molecule has 8 fully saturated rings. The van der Waals surface area contributed by atoms with Crippen LogP contribution in [0.3, 0.4) is 0 Å². The third kappa shape index (κ3) is 11.5. The molecule has 5 aliphatic heterocycles. The second-order valence-electron chi connectivity index (χ2n) is 26.1. The van der Waals surface area contributed by atoms with E-state index in [1.165, 1.54) is 14.0 Å². The van der Waals surface area contributed by atoms with E-state index in [2.05, 4.69) is 40.3 Å². The summed E-state index contributed by atoms with van der Waals surface area (Å²) in [5.41, 5.74) is -1.36. The number of allylic oxidation sites excluding steroid dienone is 3. The fraction of sp³-hybridized carbons (Fsp3) is 0.893. The molecule has 9 aliphatic rings. The molecular weight excluding hydrogens is 1140 g/mol. The molecule has 0 aromatic heterocycles. The number of carbonyl (C=O) groups excluding carboxylic acids is 2.